The lowest BCUT2D eigenvalue weighted by Gasteiger charge is -2.29. The highest BCUT2D eigenvalue weighted by Crippen LogP contribution is 2.34. The maximum Gasteiger partial charge on any atom is 0.139 e. The van der Waals surface area contributed by atoms with Crippen molar-refractivity contribution < 1.29 is 0 Å². The summed E-state index contributed by atoms with van der Waals surface area (Å²) in [7, 11) is -0.796. The largest absolute Gasteiger partial charge is 0.237 e. The lowest BCUT2D eigenvalue weighted by atomic mass is 10.1. The highest BCUT2D eigenvalue weighted by Gasteiger charge is 2.20. The molecule has 0 bridgehead atoms. The highest BCUT2D eigenvalue weighted by atomic mass is 31.1. The average Bonchev–Trinajstić information content (AvgIpc) is 1.93. The van der Waals surface area contributed by atoms with Gasteiger partial charge in [-0.25, -0.2) is 14.2 Å². The molecule has 18 heavy (non-hydrogen) atoms. The van der Waals surface area contributed by atoms with Gasteiger partial charge in [0.25, 0.3) is 0 Å². The second-order valence-electron chi connectivity index (χ2n) is 7.38. The molecule has 0 rings (SSSR count). The van der Waals surface area contributed by atoms with Crippen LogP contribution in [-0.4, -0.2) is 27.8 Å². The Kier molecular flexibility index (Phi) is 6.29. The van der Waals surface area contributed by atoms with Gasteiger partial charge in [0.05, 0.1) is 11.1 Å². The number of hydrogen-bond donors (Lipinski definition) is 0. The summed E-state index contributed by atoms with van der Waals surface area (Å²) in [6, 6.07) is 0.932. The first-order valence-corrected chi connectivity index (χ1v) is 8.07. The van der Waals surface area contributed by atoms with Crippen molar-refractivity contribution in [3.63, 3.8) is 0 Å². The Labute approximate surface area is 115 Å². The lowest BCUT2D eigenvalue weighted by Crippen LogP contribution is -2.30. The van der Waals surface area contributed by atoms with Gasteiger partial charge in [-0.15, -0.1) is 0 Å². The zero-order valence-electron chi connectivity index (χ0n) is 13.9. The van der Waals surface area contributed by atoms with Gasteiger partial charge in [0.15, 0.2) is 0 Å². The summed E-state index contributed by atoms with van der Waals surface area (Å²) in [5.41, 5.74) is -0.0784. The normalized spacial score (nSPS) is 15.3. The molecule has 0 saturated heterocycles. The predicted octanol–water partition coefficient (Wildman–Crippen LogP) is 5.47. The molecule has 0 aliphatic carbocycles. The van der Waals surface area contributed by atoms with E-state index in [-0.39, 0.29) is 11.1 Å². The molecule has 0 aromatic rings. The Morgan fingerprint density at radius 2 is 1.00 bits per heavy atom. The van der Waals surface area contributed by atoms with Gasteiger partial charge in [-0.05, 0) is 69.2 Å². The van der Waals surface area contributed by atoms with Crippen molar-refractivity contribution in [3.05, 3.63) is 0 Å². The summed E-state index contributed by atoms with van der Waals surface area (Å²) < 4.78 is 12.4. The number of hydrogen-bond acceptors (Lipinski definition) is 2. The molecule has 0 heterocycles. The monoisotopic (exact) mass is 273 g/mol. The number of nitrogens with zero attached hydrogens (tertiary/aromatic N) is 3. The molecule has 0 amide bonds. The third-order valence-electron chi connectivity index (χ3n) is 2.04. The molecule has 0 N–H and O–H groups in total. The minimum absolute atomic E-state index is 0.0392. The van der Waals surface area contributed by atoms with Crippen LogP contribution in [0.25, 0.3) is 0 Å². The van der Waals surface area contributed by atoms with Gasteiger partial charge in [-0.1, -0.05) is 0 Å². The van der Waals surface area contributed by atoms with Gasteiger partial charge in [-0.3, -0.25) is 0 Å². The van der Waals surface area contributed by atoms with Crippen molar-refractivity contribution >= 4 is 7.66 Å². The average molecular weight is 273 g/mol. The molecule has 0 saturated carbocycles. The van der Waals surface area contributed by atoms with Crippen LogP contribution in [0, 0.1) is 0 Å². The topological polar surface area (TPSA) is 28.0 Å². The third-order valence-corrected chi connectivity index (χ3v) is 4.94. The van der Waals surface area contributed by atoms with Gasteiger partial charge in [-0.2, -0.15) is 0 Å². The van der Waals surface area contributed by atoms with Crippen molar-refractivity contribution in [2.45, 2.75) is 92.4 Å². The second-order valence-corrected chi connectivity index (χ2v) is 8.78. The Hall–Kier alpha value is -0.140. The van der Waals surface area contributed by atoms with Crippen LogP contribution in [0.3, 0.4) is 0 Å². The van der Waals surface area contributed by atoms with E-state index in [0.717, 1.165) is 0 Å². The maximum absolute atomic E-state index is 4.96. The zero-order chi connectivity index (χ0) is 14.7. The zero-order valence-corrected chi connectivity index (χ0v) is 14.8. The Morgan fingerprint density at radius 1 is 0.722 bits per heavy atom. The molecule has 0 aliphatic rings. The van der Waals surface area contributed by atoms with Crippen molar-refractivity contribution in [1.29, 1.82) is 0 Å². The Balaban J connectivity index is 5.77. The fourth-order valence-electron chi connectivity index (χ4n) is 1.67. The summed E-state index contributed by atoms with van der Waals surface area (Å²) in [4.78, 5) is 0. The van der Waals surface area contributed by atoms with Crippen LogP contribution < -0.4 is 0 Å². The van der Waals surface area contributed by atoms with E-state index in [9.17, 15) is 0 Å². The smallest absolute Gasteiger partial charge is 0.139 e. The molecule has 0 fully saturated rings. The van der Waals surface area contributed by atoms with E-state index < -0.39 is 7.66 Å². The molecular weight excluding hydrogens is 241 g/mol. The first kappa shape index (κ1) is 17.9. The molecule has 0 aliphatic heterocycles. The maximum atomic E-state index is 4.96. The van der Waals surface area contributed by atoms with Crippen molar-refractivity contribution in [3.8, 4) is 0 Å². The fraction of sp³-hybridized carbons (Fsp3) is 1.00. The standard InChI is InChI=1S/C14H32N3P/c1-11(2)17(12(3)4)18(15-13(5,6)7)16-14(8,9)10/h11-12H,1-10H3. The molecule has 0 spiro atoms. The summed E-state index contributed by atoms with van der Waals surface area (Å²) >= 11 is 0. The van der Waals surface area contributed by atoms with Crippen LogP contribution in [0.4, 0.5) is 0 Å². The van der Waals surface area contributed by atoms with Crippen molar-refractivity contribution in [2.75, 3.05) is 0 Å². The van der Waals surface area contributed by atoms with Crippen LogP contribution >= 0.6 is 7.66 Å². The van der Waals surface area contributed by atoms with E-state index in [0.29, 0.717) is 12.1 Å². The second kappa shape index (κ2) is 6.34. The molecular formula is C14H32N3P. The van der Waals surface area contributed by atoms with Crippen LogP contribution in [0.5, 0.6) is 0 Å². The van der Waals surface area contributed by atoms with E-state index >= 15 is 0 Å². The van der Waals surface area contributed by atoms with Gasteiger partial charge in [0, 0.05) is 12.1 Å². The predicted molar refractivity (Wildman–Crippen MR) is 83.4 cm³/mol. The van der Waals surface area contributed by atoms with Gasteiger partial charge in [0.1, 0.15) is 7.66 Å². The summed E-state index contributed by atoms with van der Waals surface area (Å²) in [6.07, 6.45) is 0. The van der Waals surface area contributed by atoms with Gasteiger partial charge in [0.2, 0.25) is 0 Å². The third kappa shape index (κ3) is 7.33. The summed E-state index contributed by atoms with van der Waals surface area (Å²) in [6.45, 7) is 21.8. The van der Waals surface area contributed by atoms with Crippen LogP contribution in [-0.2, 0) is 0 Å². The number of rotatable bonds is 3. The molecule has 0 aromatic heterocycles. The van der Waals surface area contributed by atoms with E-state index in [1.807, 2.05) is 0 Å². The van der Waals surface area contributed by atoms with Crippen molar-refractivity contribution in [1.82, 2.24) is 4.67 Å². The minimum atomic E-state index is -0.796. The van der Waals surface area contributed by atoms with Crippen LogP contribution in [0.2, 0.25) is 0 Å². The molecule has 3 nitrogen and oxygen atoms in total. The van der Waals surface area contributed by atoms with E-state index in [1.54, 1.807) is 0 Å². The summed E-state index contributed by atoms with van der Waals surface area (Å²) in [5.74, 6) is 0. The SMILES string of the molecule is CC(C)N(C(C)C)P(=NC(C)(C)C)=NC(C)(C)C. The molecule has 108 valence electrons. The van der Waals surface area contributed by atoms with Crippen molar-refractivity contribution in [2.24, 2.45) is 9.49 Å². The molecule has 0 aromatic carbocycles. The van der Waals surface area contributed by atoms with Crippen LogP contribution in [0.1, 0.15) is 69.2 Å². The molecule has 4 heteroatoms. The highest BCUT2D eigenvalue weighted by molar-refractivity contribution is 7.33. The minimum Gasteiger partial charge on any atom is -0.237 e. The molecule has 0 radical (unpaired) electrons. The Morgan fingerprint density at radius 3 is 1.17 bits per heavy atom. The molecule has 0 atom stereocenters. The van der Waals surface area contributed by atoms with Gasteiger partial charge < -0.3 is 0 Å². The van der Waals surface area contributed by atoms with E-state index in [4.69, 9.17) is 9.49 Å². The van der Waals surface area contributed by atoms with Gasteiger partial charge >= 0.3 is 0 Å². The Bertz CT molecular complexity index is 307. The van der Waals surface area contributed by atoms with E-state index in [1.165, 1.54) is 0 Å². The molecule has 0 unspecified atom stereocenters. The quantitative estimate of drug-likeness (QED) is 0.627. The lowest BCUT2D eigenvalue weighted by molar-refractivity contribution is 0.324. The summed E-state index contributed by atoms with van der Waals surface area (Å²) in [5, 5.41) is 0. The van der Waals surface area contributed by atoms with E-state index in [2.05, 4.69) is 73.9 Å². The first-order valence-electron chi connectivity index (χ1n) is 6.87. The van der Waals surface area contributed by atoms with Crippen LogP contribution in [0.15, 0.2) is 9.49 Å². The first-order chi connectivity index (χ1) is 7.83. The fourth-order valence-corrected chi connectivity index (χ4v) is 3.82.